The standard InChI is InChI=1S/C32H40O7/c1-18-13-14-24-25(31(24,6)7)15-19(2)30(36)32(39-22(5)34)17-20(3)29(27(32)28(18)37-21(4)33)38-26(35)16-23-11-9-8-10-12-23/h8-12,15,20,24-25,27-29H,1,13-14,16-17H2,2-7H3/b19-15-/t20-,24-,25+,27-,28-,29-,32+/m0/s1. The minimum absolute atomic E-state index is 0.0183. The van der Waals surface area contributed by atoms with Gasteiger partial charge in [0.05, 0.1) is 12.3 Å². The summed E-state index contributed by atoms with van der Waals surface area (Å²) in [5.41, 5.74) is 0.258. The maximum atomic E-state index is 14.3. The van der Waals surface area contributed by atoms with Gasteiger partial charge in [-0.1, -0.05) is 63.8 Å². The molecule has 0 aliphatic heterocycles. The average Bonchev–Trinajstić information content (AvgIpc) is 3.24. The van der Waals surface area contributed by atoms with Gasteiger partial charge in [0.25, 0.3) is 0 Å². The number of ketones is 1. The molecule has 0 unspecified atom stereocenters. The maximum absolute atomic E-state index is 14.3. The van der Waals surface area contributed by atoms with Crippen molar-refractivity contribution >= 4 is 23.7 Å². The third kappa shape index (κ3) is 5.59. The van der Waals surface area contributed by atoms with E-state index in [1.807, 2.05) is 43.3 Å². The molecule has 0 heterocycles. The van der Waals surface area contributed by atoms with Crippen molar-refractivity contribution in [2.75, 3.05) is 0 Å². The molecule has 0 saturated heterocycles. The fraction of sp³-hybridized carbons (Fsp3) is 0.562. The lowest BCUT2D eigenvalue weighted by atomic mass is 9.76. The number of Topliss-reactive ketones (excluding diaryl/α,β-unsaturated/α-hetero) is 1. The molecule has 3 aliphatic rings. The maximum Gasteiger partial charge on any atom is 0.310 e. The zero-order valence-corrected chi connectivity index (χ0v) is 23.8. The van der Waals surface area contributed by atoms with Crippen molar-refractivity contribution in [2.24, 2.45) is 29.1 Å². The Kier molecular flexibility index (Phi) is 7.93. The van der Waals surface area contributed by atoms with Crippen LogP contribution in [0.25, 0.3) is 0 Å². The summed E-state index contributed by atoms with van der Waals surface area (Å²) < 4.78 is 17.9. The lowest BCUT2D eigenvalue weighted by Gasteiger charge is -2.40. The number of carbonyl (C=O) groups excluding carboxylic acids is 4. The second kappa shape index (κ2) is 10.7. The fourth-order valence-electron chi connectivity index (χ4n) is 6.99. The van der Waals surface area contributed by atoms with Gasteiger partial charge in [-0.25, -0.2) is 0 Å². The summed E-state index contributed by atoms with van der Waals surface area (Å²) in [6.45, 7) is 14.8. The highest BCUT2D eigenvalue weighted by Gasteiger charge is 2.65. The third-order valence-electron chi connectivity index (χ3n) is 8.97. The molecule has 7 nitrogen and oxygen atoms in total. The minimum Gasteiger partial charge on any atom is -0.461 e. The molecule has 7 heteroatoms. The van der Waals surface area contributed by atoms with Crippen molar-refractivity contribution in [3.8, 4) is 0 Å². The van der Waals surface area contributed by atoms with Gasteiger partial charge in [0, 0.05) is 20.3 Å². The Morgan fingerprint density at radius 1 is 1.05 bits per heavy atom. The van der Waals surface area contributed by atoms with Crippen LogP contribution in [0.15, 0.2) is 54.1 Å². The Morgan fingerprint density at radius 3 is 2.33 bits per heavy atom. The van der Waals surface area contributed by atoms with Crippen LogP contribution in [0.2, 0.25) is 0 Å². The van der Waals surface area contributed by atoms with Crippen LogP contribution in [0.1, 0.15) is 66.4 Å². The van der Waals surface area contributed by atoms with Crippen molar-refractivity contribution in [3.63, 3.8) is 0 Å². The number of rotatable bonds is 5. The molecule has 0 amide bonds. The molecule has 1 aromatic carbocycles. The molecule has 0 aromatic heterocycles. The van der Waals surface area contributed by atoms with Crippen molar-refractivity contribution in [3.05, 3.63) is 59.7 Å². The second-order valence-corrected chi connectivity index (χ2v) is 12.2. The number of hydrogen-bond acceptors (Lipinski definition) is 7. The summed E-state index contributed by atoms with van der Waals surface area (Å²) in [7, 11) is 0. The predicted molar refractivity (Wildman–Crippen MR) is 145 cm³/mol. The molecule has 3 aliphatic carbocycles. The number of allylic oxidation sites excluding steroid dienone is 1. The van der Waals surface area contributed by atoms with Gasteiger partial charge in [-0.2, -0.15) is 0 Å². The zero-order valence-electron chi connectivity index (χ0n) is 23.8. The molecule has 4 rings (SSSR count). The molecule has 2 saturated carbocycles. The molecule has 0 radical (unpaired) electrons. The van der Waals surface area contributed by atoms with Crippen LogP contribution < -0.4 is 0 Å². The Morgan fingerprint density at radius 2 is 1.72 bits per heavy atom. The number of carbonyl (C=O) groups is 4. The highest BCUT2D eigenvalue weighted by molar-refractivity contribution is 6.03. The largest absolute Gasteiger partial charge is 0.461 e. The Labute approximate surface area is 231 Å². The van der Waals surface area contributed by atoms with E-state index in [1.165, 1.54) is 13.8 Å². The summed E-state index contributed by atoms with van der Waals surface area (Å²) in [5.74, 6) is -2.75. The SMILES string of the molecule is C=C1CC[C@H]2[C@@H](/C=C(/C)C(=O)[C@@]3(OC(C)=O)C[C@H](C)[C@H](OC(=O)Cc4ccccc4)[C@@H]3[C@H]1OC(C)=O)C2(C)C. The van der Waals surface area contributed by atoms with Crippen molar-refractivity contribution < 1.29 is 33.4 Å². The van der Waals surface area contributed by atoms with Crippen LogP contribution in [0.4, 0.5) is 0 Å². The van der Waals surface area contributed by atoms with Crippen LogP contribution >= 0.6 is 0 Å². The summed E-state index contributed by atoms with van der Waals surface area (Å²) >= 11 is 0. The fourth-order valence-corrected chi connectivity index (χ4v) is 6.99. The van der Waals surface area contributed by atoms with Crippen LogP contribution in [0.5, 0.6) is 0 Å². The summed E-state index contributed by atoms with van der Waals surface area (Å²) in [6, 6.07) is 9.23. The van der Waals surface area contributed by atoms with E-state index >= 15 is 0 Å². The van der Waals surface area contributed by atoms with E-state index in [1.54, 1.807) is 6.92 Å². The van der Waals surface area contributed by atoms with Gasteiger partial charge in [0.15, 0.2) is 5.60 Å². The Hall–Kier alpha value is -3.22. The Balaban J connectivity index is 1.81. The molecular formula is C32H40O7. The highest BCUT2D eigenvalue weighted by atomic mass is 16.6. The lowest BCUT2D eigenvalue weighted by molar-refractivity contribution is -0.182. The van der Waals surface area contributed by atoms with Gasteiger partial charge >= 0.3 is 17.9 Å². The quantitative estimate of drug-likeness (QED) is 0.291. The van der Waals surface area contributed by atoms with E-state index in [2.05, 4.69) is 20.4 Å². The first-order valence-corrected chi connectivity index (χ1v) is 13.8. The van der Waals surface area contributed by atoms with Gasteiger partial charge in [0.1, 0.15) is 12.2 Å². The van der Waals surface area contributed by atoms with E-state index in [-0.39, 0.29) is 35.9 Å². The molecule has 0 bridgehead atoms. The Bertz CT molecular complexity index is 1200. The van der Waals surface area contributed by atoms with Crippen molar-refractivity contribution in [2.45, 2.75) is 85.0 Å². The molecule has 1 aromatic rings. The van der Waals surface area contributed by atoms with E-state index in [9.17, 15) is 19.2 Å². The van der Waals surface area contributed by atoms with E-state index in [4.69, 9.17) is 14.2 Å². The molecule has 0 spiro atoms. The van der Waals surface area contributed by atoms with E-state index < -0.39 is 41.6 Å². The van der Waals surface area contributed by atoms with E-state index in [0.29, 0.717) is 23.5 Å². The summed E-state index contributed by atoms with van der Waals surface area (Å²) in [5, 5.41) is 0. The first-order chi connectivity index (χ1) is 18.3. The molecule has 0 N–H and O–H groups in total. The topological polar surface area (TPSA) is 96.0 Å². The minimum atomic E-state index is -1.68. The van der Waals surface area contributed by atoms with Gasteiger partial charge in [-0.3, -0.25) is 19.2 Å². The third-order valence-corrected chi connectivity index (χ3v) is 8.97. The second-order valence-electron chi connectivity index (χ2n) is 12.2. The zero-order chi connectivity index (χ0) is 28.7. The van der Waals surface area contributed by atoms with E-state index in [0.717, 1.165) is 12.0 Å². The van der Waals surface area contributed by atoms with Crippen LogP contribution in [0, 0.1) is 29.1 Å². The predicted octanol–water partition coefficient (Wildman–Crippen LogP) is 5.17. The summed E-state index contributed by atoms with van der Waals surface area (Å²) in [4.78, 5) is 52.4. The van der Waals surface area contributed by atoms with Crippen molar-refractivity contribution in [1.82, 2.24) is 0 Å². The van der Waals surface area contributed by atoms with Crippen molar-refractivity contribution in [1.29, 1.82) is 0 Å². The monoisotopic (exact) mass is 536 g/mol. The molecular weight excluding hydrogens is 496 g/mol. The molecule has 7 atom stereocenters. The van der Waals surface area contributed by atoms with Crippen LogP contribution in [0.3, 0.4) is 0 Å². The van der Waals surface area contributed by atoms with Crippen LogP contribution in [-0.2, 0) is 39.8 Å². The number of ether oxygens (including phenoxy) is 3. The van der Waals surface area contributed by atoms with Gasteiger partial charge in [-0.05, 0) is 59.6 Å². The number of hydrogen-bond donors (Lipinski definition) is 0. The normalized spacial score (nSPS) is 34.9. The first-order valence-electron chi connectivity index (χ1n) is 13.8. The number of esters is 3. The number of fused-ring (bicyclic) bond motifs is 2. The van der Waals surface area contributed by atoms with Gasteiger partial charge < -0.3 is 14.2 Å². The average molecular weight is 537 g/mol. The molecule has 39 heavy (non-hydrogen) atoms. The molecule has 2 fully saturated rings. The lowest BCUT2D eigenvalue weighted by Crippen LogP contribution is -2.55. The van der Waals surface area contributed by atoms with Gasteiger partial charge in [-0.15, -0.1) is 0 Å². The van der Waals surface area contributed by atoms with Gasteiger partial charge in [0.2, 0.25) is 5.78 Å². The van der Waals surface area contributed by atoms with Crippen LogP contribution in [-0.4, -0.2) is 41.5 Å². The molecule has 210 valence electrons. The number of benzene rings is 1. The first kappa shape index (κ1) is 28.8. The highest BCUT2D eigenvalue weighted by Crippen LogP contribution is 2.62. The smallest absolute Gasteiger partial charge is 0.310 e. The summed E-state index contributed by atoms with van der Waals surface area (Å²) in [6.07, 6.45) is 1.74.